The molecule has 0 spiro atoms. The van der Waals surface area contributed by atoms with Gasteiger partial charge < -0.3 is 9.47 Å². The molecule has 1 aromatic carbocycles. The summed E-state index contributed by atoms with van der Waals surface area (Å²) in [7, 11) is 0. The van der Waals surface area contributed by atoms with Gasteiger partial charge >= 0.3 is 0 Å². The van der Waals surface area contributed by atoms with Gasteiger partial charge in [-0.05, 0) is 48.9 Å². The number of carbonyl (C=O) groups excluding carboxylic acids is 1. The summed E-state index contributed by atoms with van der Waals surface area (Å²) in [5.74, 6) is 1.19. The van der Waals surface area contributed by atoms with E-state index in [9.17, 15) is 9.59 Å². The van der Waals surface area contributed by atoms with Gasteiger partial charge in [0.25, 0.3) is 5.56 Å². The minimum Gasteiger partial charge on any atom is -0.338 e. The molecule has 158 valence electrons. The smallest absolute Gasteiger partial charge is 0.250 e. The minimum atomic E-state index is 0.132. The second-order valence-electron chi connectivity index (χ2n) is 9.08. The first-order valence-corrected chi connectivity index (χ1v) is 11.4. The van der Waals surface area contributed by atoms with E-state index in [1.807, 2.05) is 39.8 Å². The van der Waals surface area contributed by atoms with E-state index in [0.29, 0.717) is 35.9 Å². The molecule has 1 aromatic heterocycles. The van der Waals surface area contributed by atoms with Gasteiger partial charge in [-0.3, -0.25) is 14.5 Å². The van der Waals surface area contributed by atoms with Gasteiger partial charge in [-0.25, -0.2) is 0 Å². The van der Waals surface area contributed by atoms with Crippen molar-refractivity contribution in [1.29, 1.82) is 0 Å². The Morgan fingerprint density at radius 1 is 1.00 bits per heavy atom. The molecule has 0 saturated carbocycles. The fourth-order valence-electron chi connectivity index (χ4n) is 5.64. The Labute approximate surface area is 182 Å². The standard InChI is InChI=1S/C24H28ClN3O2/c25-20-4-1-3-17(12-20)13-26-10-9-21(7-8-23(26)29)27-14-18-11-19(16-27)22-5-2-6-24(30)28(22)15-18/h1-6,12,18-19,21H,7-11,13-16H2/t18-,19+,21?/m1/s1. The van der Waals surface area contributed by atoms with E-state index < -0.39 is 0 Å². The van der Waals surface area contributed by atoms with Crippen LogP contribution in [0.25, 0.3) is 0 Å². The Balaban J connectivity index is 1.27. The van der Waals surface area contributed by atoms with Crippen LogP contribution in [0.3, 0.4) is 0 Å². The predicted octanol–water partition coefficient (Wildman–Crippen LogP) is 3.50. The van der Waals surface area contributed by atoms with Crippen LogP contribution < -0.4 is 5.56 Å². The van der Waals surface area contributed by atoms with Crippen LogP contribution in [0.15, 0.2) is 47.3 Å². The third kappa shape index (κ3) is 3.93. The lowest BCUT2D eigenvalue weighted by atomic mass is 9.82. The second kappa shape index (κ2) is 8.20. The Bertz CT molecular complexity index is 1000. The maximum Gasteiger partial charge on any atom is 0.250 e. The zero-order chi connectivity index (χ0) is 20.7. The van der Waals surface area contributed by atoms with Gasteiger partial charge in [0.05, 0.1) is 0 Å². The molecule has 5 rings (SSSR count). The third-order valence-corrected chi connectivity index (χ3v) is 7.30. The Morgan fingerprint density at radius 2 is 1.87 bits per heavy atom. The number of halogens is 1. The molecule has 0 radical (unpaired) electrons. The van der Waals surface area contributed by atoms with E-state index >= 15 is 0 Å². The number of benzene rings is 1. The van der Waals surface area contributed by atoms with Gasteiger partial charge in [0.2, 0.25) is 5.91 Å². The van der Waals surface area contributed by atoms with Crippen molar-refractivity contribution in [3.05, 3.63) is 69.1 Å². The third-order valence-electron chi connectivity index (χ3n) is 7.06. The monoisotopic (exact) mass is 425 g/mol. The highest BCUT2D eigenvalue weighted by atomic mass is 35.5. The summed E-state index contributed by atoms with van der Waals surface area (Å²) in [6.07, 6.45) is 3.71. The fraction of sp³-hybridized carbons (Fsp3) is 0.500. The molecule has 0 N–H and O–H groups in total. The molecular formula is C24H28ClN3O2. The average Bonchev–Trinajstić information content (AvgIpc) is 2.91. The summed E-state index contributed by atoms with van der Waals surface area (Å²) in [5, 5.41) is 0.715. The van der Waals surface area contributed by atoms with Crippen molar-refractivity contribution in [2.24, 2.45) is 5.92 Å². The summed E-state index contributed by atoms with van der Waals surface area (Å²) in [4.78, 5) is 29.6. The number of likely N-dealkylation sites (tertiary alicyclic amines) is 2. The number of piperidine rings is 1. The van der Waals surface area contributed by atoms with Gasteiger partial charge in [-0.2, -0.15) is 0 Å². The molecule has 5 nitrogen and oxygen atoms in total. The van der Waals surface area contributed by atoms with Gasteiger partial charge in [0.15, 0.2) is 0 Å². The molecule has 2 fully saturated rings. The van der Waals surface area contributed by atoms with Crippen LogP contribution in [-0.4, -0.2) is 46.0 Å². The van der Waals surface area contributed by atoms with Crippen LogP contribution in [0.2, 0.25) is 5.02 Å². The quantitative estimate of drug-likeness (QED) is 0.756. The summed E-state index contributed by atoms with van der Waals surface area (Å²) >= 11 is 6.12. The largest absolute Gasteiger partial charge is 0.338 e. The number of nitrogens with zero attached hydrogens (tertiary/aromatic N) is 3. The van der Waals surface area contributed by atoms with E-state index in [1.165, 1.54) is 12.1 Å². The van der Waals surface area contributed by atoms with Gasteiger partial charge in [0.1, 0.15) is 0 Å². The van der Waals surface area contributed by atoms with Crippen LogP contribution in [-0.2, 0) is 17.9 Å². The zero-order valence-corrected chi connectivity index (χ0v) is 17.9. The molecule has 3 aliphatic heterocycles. The number of rotatable bonds is 3. The van der Waals surface area contributed by atoms with Gasteiger partial charge in [-0.1, -0.05) is 29.8 Å². The number of fused-ring (bicyclic) bond motifs is 4. The second-order valence-corrected chi connectivity index (χ2v) is 9.51. The van der Waals surface area contributed by atoms with Crippen molar-refractivity contribution in [2.75, 3.05) is 19.6 Å². The van der Waals surface area contributed by atoms with E-state index in [1.54, 1.807) is 6.07 Å². The molecule has 4 heterocycles. The number of carbonyl (C=O) groups is 1. The molecule has 2 aromatic rings. The Kier molecular flexibility index (Phi) is 5.42. The lowest BCUT2D eigenvalue weighted by Gasteiger charge is -2.45. The van der Waals surface area contributed by atoms with Crippen molar-refractivity contribution >= 4 is 17.5 Å². The molecular weight excluding hydrogens is 398 g/mol. The molecule has 3 atom stereocenters. The van der Waals surface area contributed by atoms with E-state index in [4.69, 9.17) is 11.6 Å². The van der Waals surface area contributed by atoms with Crippen LogP contribution >= 0.6 is 11.6 Å². The molecule has 6 heteroatoms. The Hall–Kier alpha value is -2.11. The number of pyridine rings is 1. The first-order valence-electron chi connectivity index (χ1n) is 11.0. The predicted molar refractivity (Wildman–Crippen MR) is 118 cm³/mol. The normalized spacial score (nSPS) is 26.9. The first kappa shape index (κ1) is 19.8. The van der Waals surface area contributed by atoms with E-state index in [2.05, 4.69) is 11.0 Å². The van der Waals surface area contributed by atoms with Gasteiger partial charge in [0, 0.05) is 67.9 Å². The first-order chi connectivity index (χ1) is 14.6. The zero-order valence-electron chi connectivity index (χ0n) is 17.2. The molecule has 2 saturated heterocycles. The van der Waals surface area contributed by atoms with Gasteiger partial charge in [-0.15, -0.1) is 0 Å². The summed E-state index contributed by atoms with van der Waals surface area (Å²) in [5.41, 5.74) is 2.41. The number of hydrogen-bond donors (Lipinski definition) is 0. The fourth-order valence-corrected chi connectivity index (χ4v) is 5.85. The van der Waals surface area contributed by atoms with Crippen LogP contribution in [0.1, 0.15) is 42.9 Å². The van der Waals surface area contributed by atoms with E-state index in [0.717, 1.165) is 44.6 Å². The highest BCUT2D eigenvalue weighted by Crippen LogP contribution is 2.37. The van der Waals surface area contributed by atoms with Crippen LogP contribution in [0.4, 0.5) is 0 Å². The average molecular weight is 426 g/mol. The molecule has 0 aliphatic carbocycles. The SMILES string of the molecule is O=C1CCC(N2C[C@H]3C[C@@H](C2)c2cccc(=O)n2C3)CCN1Cc1cccc(Cl)c1. The number of aromatic nitrogens is 1. The highest BCUT2D eigenvalue weighted by molar-refractivity contribution is 6.30. The molecule has 1 unspecified atom stereocenters. The topological polar surface area (TPSA) is 45.6 Å². The minimum absolute atomic E-state index is 0.132. The van der Waals surface area contributed by atoms with Crippen LogP contribution in [0, 0.1) is 5.92 Å². The summed E-state index contributed by atoms with van der Waals surface area (Å²) in [6.45, 7) is 4.28. The van der Waals surface area contributed by atoms with Crippen LogP contribution in [0.5, 0.6) is 0 Å². The molecule has 30 heavy (non-hydrogen) atoms. The molecule has 2 bridgehead atoms. The van der Waals surface area contributed by atoms with Crippen molar-refractivity contribution < 1.29 is 4.79 Å². The maximum absolute atomic E-state index is 12.8. The summed E-state index contributed by atoms with van der Waals surface area (Å²) in [6, 6.07) is 13.9. The van der Waals surface area contributed by atoms with E-state index in [-0.39, 0.29) is 11.5 Å². The summed E-state index contributed by atoms with van der Waals surface area (Å²) < 4.78 is 1.99. The number of hydrogen-bond acceptors (Lipinski definition) is 3. The van der Waals surface area contributed by atoms with Crippen molar-refractivity contribution in [1.82, 2.24) is 14.4 Å². The Morgan fingerprint density at radius 3 is 2.73 bits per heavy atom. The lowest BCUT2D eigenvalue weighted by molar-refractivity contribution is -0.131. The highest BCUT2D eigenvalue weighted by Gasteiger charge is 2.37. The maximum atomic E-state index is 12.8. The molecule has 1 amide bonds. The number of amides is 1. The molecule has 3 aliphatic rings. The van der Waals surface area contributed by atoms with Crippen molar-refractivity contribution in [3.8, 4) is 0 Å². The van der Waals surface area contributed by atoms with Crippen molar-refractivity contribution in [2.45, 2.75) is 50.7 Å². The lowest BCUT2D eigenvalue weighted by Crippen LogP contribution is -2.50. The van der Waals surface area contributed by atoms with Crippen molar-refractivity contribution in [3.63, 3.8) is 0 Å².